The molecule has 0 aliphatic carbocycles. The quantitative estimate of drug-likeness (QED) is 0.590. The summed E-state index contributed by atoms with van der Waals surface area (Å²) in [7, 11) is 0. The van der Waals surface area contributed by atoms with Crippen LogP contribution in [0.2, 0.25) is 0 Å². The van der Waals surface area contributed by atoms with E-state index in [2.05, 4.69) is 0 Å². The molecule has 0 bridgehead atoms. The lowest BCUT2D eigenvalue weighted by Crippen LogP contribution is -2.34. The first-order chi connectivity index (χ1) is 7.07. The fourth-order valence-corrected chi connectivity index (χ4v) is 1.96. The maximum absolute atomic E-state index is 11.7. The molecule has 5 heteroatoms. The van der Waals surface area contributed by atoms with Gasteiger partial charge in [-0.25, -0.2) is 0 Å². The lowest BCUT2D eigenvalue weighted by atomic mass is 9.95. The number of hydrogen-bond donors (Lipinski definition) is 2. The van der Waals surface area contributed by atoms with E-state index in [-0.39, 0.29) is 6.42 Å². The molecule has 0 aromatic carbocycles. The van der Waals surface area contributed by atoms with Crippen molar-refractivity contribution in [2.75, 3.05) is 0 Å². The Balaban J connectivity index is 2.91. The average molecular weight is 228 g/mol. The number of aliphatic hydroxyl groups is 1. The molecule has 82 valence electrons. The smallest absolute Gasteiger partial charge is 0.317 e. The molecule has 0 saturated heterocycles. The minimum Gasteiger partial charge on any atom is -0.481 e. The number of thiophene rings is 1. The summed E-state index contributed by atoms with van der Waals surface area (Å²) in [6.45, 7) is 1.64. The van der Waals surface area contributed by atoms with Crippen molar-refractivity contribution in [2.24, 2.45) is 5.92 Å². The Hall–Kier alpha value is -1.20. The molecule has 2 unspecified atom stereocenters. The molecule has 0 spiro atoms. The maximum atomic E-state index is 11.7. The SMILES string of the molecule is CCC(O)C(C(=O)O)C(=O)c1cccs1. The summed E-state index contributed by atoms with van der Waals surface area (Å²) in [5, 5.41) is 20.0. The van der Waals surface area contributed by atoms with Crippen molar-refractivity contribution in [2.45, 2.75) is 19.4 Å². The molecule has 0 amide bonds. The van der Waals surface area contributed by atoms with Crippen LogP contribution in [0.15, 0.2) is 17.5 Å². The molecule has 0 aliphatic heterocycles. The summed E-state index contributed by atoms with van der Waals surface area (Å²) in [6, 6.07) is 3.24. The minimum absolute atomic E-state index is 0.244. The normalized spacial score (nSPS) is 14.5. The number of carbonyl (C=O) groups excluding carboxylic acids is 1. The molecule has 1 heterocycles. The van der Waals surface area contributed by atoms with Gasteiger partial charge in [0.15, 0.2) is 5.78 Å². The van der Waals surface area contributed by atoms with Crippen LogP contribution in [0.1, 0.15) is 23.0 Å². The van der Waals surface area contributed by atoms with Gasteiger partial charge in [-0.1, -0.05) is 13.0 Å². The Morgan fingerprint density at radius 3 is 2.60 bits per heavy atom. The summed E-state index contributed by atoms with van der Waals surface area (Å²) in [4.78, 5) is 22.9. The lowest BCUT2D eigenvalue weighted by Gasteiger charge is -2.15. The molecular weight excluding hydrogens is 216 g/mol. The number of carboxylic acids is 1. The zero-order valence-corrected chi connectivity index (χ0v) is 9.03. The van der Waals surface area contributed by atoms with Gasteiger partial charge in [0.25, 0.3) is 0 Å². The fraction of sp³-hybridized carbons (Fsp3) is 0.400. The molecular formula is C10H12O4S. The Morgan fingerprint density at radius 2 is 2.20 bits per heavy atom. The van der Waals surface area contributed by atoms with Crippen LogP contribution in [0, 0.1) is 5.92 Å². The molecule has 0 saturated carbocycles. The predicted molar refractivity (Wildman–Crippen MR) is 56.1 cm³/mol. The minimum atomic E-state index is -1.35. The first-order valence-corrected chi connectivity index (χ1v) is 5.44. The van der Waals surface area contributed by atoms with Crippen molar-refractivity contribution in [3.63, 3.8) is 0 Å². The van der Waals surface area contributed by atoms with Crippen molar-refractivity contribution >= 4 is 23.1 Å². The predicted octanol–water partition coefficient (Wildman–Crippen LogP) is 1.40. The van der Waals surface area contributed by atoms with Crippen LogP contribution >= 0.6 is 11.3 Å². The number of hydrogen-bond acceptors (Lipinski definition) is 4. The van der Waals surface area contributed by atoms with E-state index in [1.165, 1.54) is 11.3 Å². The van der Waals surface area contributed by atoms with Gasteiger partial charge in [-0.2, -0.15) is 0 Å². The Morgan fingerprint density at radius 1 is 1.53 bits per heavy atom. The molecule has 1 aromatic rings. The second kappa shape index (κ2) is 5.04. The molecule has 4 nitrogen and oxygen atoms in total. The number of carboxylic acid groups (broad SMARTS) is 1. The van der Waals surface area contributed by atoms with Crippen molar-refractivity contribution < 1.29 is 19.8 Å². The summed E-state index contributed by atoms with van der Waals surface area (Å²) in [5.74, 6) is -3.15. The number of aliphatic carboxylic acids is 1. The number of ketones is 1. The van der Waals surface area contributed by atoms with Crippen LogP contribution in [0.4, 0.5) is 0 Å². The second-order valence-corrected chi connectivity index (χ2v) is 4.08. The summed E-state index contributed by atoms with van der Waals surface area (Å²) in [5.41, 5.74) is 0. The Kier molecular flexibility index (Phi) is 3.99. The van der Waals surface area contributed by atoms with Gasteiger partial charge in [-0.15, -0.1) is 11.3 Å². The number of Topliss-reactive ketones (excluding diaryl/α,β-unsaturated/α-hetero) is 1. The molecule has 15 heavy (non-hydrogen) atoms. The largest absolute Gasteiger partial charge is 0.481 e. The molecule has 0 radical (unpaired) electrons. The van der Waals surface area contributed by atoms with Gasteiger partial charge in [-0.05, 0) is 17.9 Å². The van der Waals surface area contributed by atoms with Gasteiger partial charge in [0.1, 0.15) is 5.92 Å². The number of rotatable bonds is 5. The standard InChI is InChI=1S/C10H12O4S/c1-2-6(11)8(10(13)14)9(12)7-4-3-5-15-7/h3-6,8,11H,2H2,1H3,(H,13,14). The summed E-state index contributed by atoms with van der Waals surface area (Å²) < 4.78 is 0. The topological polar surface area (TPSA) is 74.6 Å². The van der Waals surface area contributed by atoms with Gasteiger partial charge >= 0.3 is 5.97 Å². The van der Waals surface area contributed by atoms with Gasteiger partial charge in [0, 0.05) is 0 Å². The van der Waals surface area contributed by atoms with Crippen LogP contribution in [-0.4, -0.2) is 28.1 Å². The number of aliphatic hydroxyl groups excluding tert-OH is 1. The van der Waals surface area contributed by atoms with Crippen molar-refractivity contribution in [1.29, 1.82) is 0 Å². The van der Waals surface area contributed by atoms with Gasteiger partial charge in [0.2, 0.25) is 0 Å². The van der Waals surface area contributed by atoms with E-state index in [0.29, 0.717) is 4.88 Å². The summed E-state index contributed by atoms with van der Waals surface area (Å²) in [6.07, 6.45) is -0.884. The van der Waals surface area contributed by atoms with Crippen molar-refractivity contribution in [1.82, 2.24) is 0 Å². The molecule has 0 fully saturated rings. The number of carbonyl (C=O) groups is 2. The van der Waals surface area contributed by atoms with E-state index in [0.717, 1.165) is 0 Å². The van der Waals surface area contributed by atoms with E-state index in [1.807, 2.05) is 0 Å². The van der Waals surface area contributed by atoms with E-state index in [4.69, 9.17) is 5.11 Å². The van der Waals surface area contributed by atoms with Gasteiger partial charge in [-0.3, -0.25) is 9.59 Å². The molecule has 2 atom stereocenters. The molecule has 1 aromatic heterocycles. The molecule has 2 N–H and O–H groups in total. The average Bonchev–Trinajstić information content (AvgIpc) is 2.69. The zero-order chi connectivity index (χ0) is 11.4. The van der Waals surface area contributed by atoms with Gasteiger partial charge < -0.3 is 10.2 Å². The highest BCUT2D eigenvalue weighted by molar-refractivity contribution is 7.12. The third-order valence-corrected chi connectivity index (χ3v) is 3.00. The second-order valence-electron chi connectivity index (χ2n) is 3.13. The highest BCUT2D eigenvalue weighted by Gasteiger charge is 2.33. The third-order valence-electron chi connectivity index (χ3n) is 2.12. The Bertz CT molecular complexity index is 344. The summed E-state index contributed by atoms with van der Waals surface area (Å²) >= 11 is 1.18. The zero-order valence-electron chi connectivity index (χ0n) is 8.21. The highest BCUT2D eigenvalue weighted by atomic mass is 32.1. The van der Waals surface area contributed by atoms with Crippen LogP contribution in [0.25, 0.3) is 0 Å². The first-order valence-electron chi connectivity index (χ1n) is 4.56. The van der Waals surface area contributed by atoms with E-state index >= 15 is 0 Å². The van der Waals surface area contributed by atoms with E-state index in [1.54, 1.807) is 24.4 Å². The monoisotopic (exact) mass is 228 g/mol. The van der Waals surface area contributed by atoms with Crippen molar-refractivity contribution in [3.05, 3.63) is 22.4 Å². The van der Waals surface area contributed by atoms with Crippen LogP contribution < -0.4 is 0 Å². The van der Waals surface area contributed by atoms with E-state index < -0.39 is 23.8 Å². The lowest BCUT2D eigenvalue weighted by molar-refractivity contribution is -0.143. The van der Waals surface area contributed by atoms with Crippen LogP contribution in [0.3, 0.4) is 0 Å². The molecule has 0 aliphatic rings. The third kappa shape index (κ3) is 2.64. The van der Waals surface area contributed by atoms with Crippen molar-refractivity contribution in [3.8, 4) is 0 Å². The highest BCUT2D eigenvalue weighted by Crippen LogP contribution is 2.19. The van der Waals surface area contributed by atoms with Crippen LogP contribution in [-0.2, 0) is 4.79 Å². The maximum Gasteiger partial charge on any atom is 0.317 e. The van der Waals surface area contributed by atoms with Crippen LogP contribution in [0.5, 0.6) is 0 Å². The fourth-order valence-electron chi connectivity index (χ4n) is 1.26. The first kappa shape index (κ1) is 11.9. The van der Waals surface area contributed by atoms with Gasteiger partial charge in [0.05, 0.1) is 11.0 Å². The Labute approximate surface area is 91.2 Å². The molecule has 1 rings (SSSR count). The van der Waals surface area contributed by atoms with E-state index in [9.17, 15) is 14.7 Å².